The molecular formula is C22H23ClN2O5. The fraction of sp³-hybridized carbons (Fsp3) is 0.318. The standard InChI is InChI=1S/C22H23ClN2O5/c1-12(25-13(2)26)21(27)24-11-18-9-17-8-16(10-19(23)20(17)30-18)14-5-4-6-15(7-14)22(28)29-3/h4-8,10,12,18H,9,11H2,1-3H3,(H,24,27)(H,25,26)/t12-,18?/m0/s1. The molecule has 2 N–H and O–H groups in total. The number of carbonyl (C=O) groups excluding carboxylic acids is 3. The van der Waals surface area contributed by atoms with E-state index in [1.165, 1.54) is 14.0 Å². The molecule has 0 spiro atoms. The average molecular weight is 431 g/mol. The highest BCUT2D eigenvalue weighted by molar-refractivity contribution is 6.32. The van der Waals surface area contributed by atoms with E-state index in [4.69, 9.17) is 21.1 Å². The lowest BCUT2D eigenvalue weighted by Gasteiger charge is -2.16. The normalized spacial score (nSPS) is 15.5. The number of fused-ring (bicyclic) bond motifs is 1. The Labute approximate surface area is 179 Å². The Morgan fingerprint density at radius 1 is 1.23 bits per heavy atom. The number of halogens is 1. The third-order valence-electron chi connectivity index (χ3n) is 4.79. The number of nitrogens with one attached hydrogen (secondary N) is 2. The second-order valence-corrected chi connectivity index (χ2v) is 7.54. The third-order valence-corrected chi connectivity index (χ3v) is 5.07. The van der Waals surface area contributed by atoms with Gasteiger partial charge in [0.2, 0.25) is 11.8 Å². The first-order chi connectivity index (χ1) is 14.3. The zero-order valence-electron chi connectivity index (χ0n) is 17.0. The lowest BCUT2D eigenvalue weighted by molar-refractivity contribution is -0.127. The first-order valence-electron chi connectivity index (χ1n) is 9.51. The third kappa shape index (κ3) is 4.91. The molecule has 2 aromatic carbocycles. The van der Waals surface area contributed by atoms with Gasteiger partial charge in [-0.05, 0) is 42.3 Å². The molecule has 0 saturated heterocycles. The summed E-state index contributed by atoms with van der Waals surface area (Å²) in [4.78, 5) is 35.0. The van der Waals surface area contributed by atoms with E-state index in [-0.39, 0.29) is 17.9 Å². The number of carbonyl (C=O) groups is 3. The number of hydrogen-bond acceptors (Lipinski definition) is 5. The van der Waals surface area contributed by atoms with Crippen LogP contribution < -0.4 is 15.4 Å². The van der Waals surface area contributed by atoms with Crippen LogP contribution in [-0.2, 0) is 20.7 Å². The van der Waals surface area contributed by atoms with Crippen LogP contribution in [0.25, 0.3) is 11.1 Å². The summed E-state index contributed by atoms with van der Waals surface area (Å²) in [6, 6.07) is 10.3. The van der Waals surface area contributed by atoms with Gasteiger partial charge in [0.05, 0.1) is 24.2 Å². The van der Waals surface area contributed by atoms with Crippen molar-refractivity contribution in [1.29, 1.82) is 0 Å². The van der Waals surface area contributed by atoms with E-state index in [0.717, 1.165) is 16.7 Å². The van der Waals surface area contributed by atoms with Crippen molar-refractivity contribution in [2.75, 3.05) is 13.7 Å². The summed E-state index contributed by atoms with van der Waals surface area (Å²) in [5.74, 6) is -0.357. The van der Waals surface area contributed by atoms with Crippen molar-refractivity contribution >= 4 is 29.4 Å². The number of methoxy groups -OCH3 is 1. The minimum Gasteiger partial charge on any atom is -0.486 e. The molecule has 2 atom stereocenters. The fourth-order valence-corrected chi connectivity index (χ4v) is 3.63. The van der Waals surface area contributed by atoms with Gasteiger partial charge in [-0.2, -0.15) is 0 Å². The Morgan fingerprint density at radius 3 is 2.70 bits per heavy atom. The van der Waals surface area contributed by atoms with Gasteiger partial charge in [0.15, 0.2) is 0 Å². The van der Waals surface area contributed by atoms with Gasteiger partial charge in [0, 0.05) is 18.9 Å². The quantitative estimate of drug-likeness (QED) is 0.687. The van der Waals surface area contributed by atoms with Gasteiger partial charge in [0.1, 0.15) is 17.9 Å². The zero-order valence-corrected chi connectivity index (χ0v) is 17.7. The maximum atomic E-state index is 12.1. The van der Waals surface area contributed by atoms with Crippen molar-refractivity contribution in [2.45, 2.75) is 32.4 Å². The average Bonchev–Trinajstić information content (AvgIpc) is 3.14. The van der Waals surface area contributed by atoms with Crippen molar-refractivity contribution in [2.24, 2.45) is 0 Å². The van der Waals surface area contributed by atoms with Crippen molar-refractivity contribution in [3.8, 4) is 16.9 Å². The molecule has 3 rings (SSSR count). The first kappa shape index (κ1) is 21.6. The summed E-state index contributed by atoms with van der Waals surface area (Å²) < 4.78 is 10.7. The number of rotatable bonds is 6. The van der Waals surface area contributed by atoms with Gasteiger partial charge in [0.25, 0.3) is 0 Å². The highest BCUT2D eigenvalue weighted by Crippen LogP contribution is 2.39. The molecule has 0 fully saturated rings. The Balaban J connectivity index is 1.71. The predicted molar refractivity (Wildman–Crippen MR) is 113 cm³/mol. The molecule has 158 valence electrons. The van der Waals surface area contributed by atoms with Crippen molar-refractivity contribution in [1.82, 2.24) is 10.6 Å². The van der Waals surface area contributed by atoms with E-state index in [1.54, 1.807) is 31.2 Å². The smallest absolute Gasteiger partial charge is 0.337 e. The highest BCUT2D eigenvalue weighted by atomic mass is 35.5. The molecule has 1 aliphatic heterocycles. The number of ether oxygens (including phenoxy) is 2. The minimum absolute atomic E-state index is 0.261. The van der Waals surface area contributed by atoms with E-state index in [9.17, 15) is 14.4 Å². The number of amides is 2. The Kier molecular flexibility index (Phi) is 6.62. The number of benzene rings is 2. The summed E-state index contributed by atoms with van der Waals surface area (Å²) in [5.41, 5.74) is 3.08. The monoisotopic (exact) mass is 430 g/mol. The molecular weight excluding hydrogens is 408 g/mol. The van der Waals surface area contributed by atoms with Crippen LogP contribution in [-0.4, -0.2) is 43.6 Å². The molecule has 0 bridgehead atoms. The lowest BCUT2D eigenvalue weighted by Crippen LogP contribution is -2.46. The maximum absolute atomic E-state index is 12.1. The van der Waals surface area contributed by atoms with Crippen LogP contribution in [0, 0.1) is 0 Å². The van der Waals surface area contributed by atoms with Crippen molar-refractivity contribution in [3.63, 3.8) is 0 Å². The van der Waals surface area contributed by atoms with Crippen LogP contribution in [0.2, 0.25) is 5.02 Å². The lowest BCUT2D eigenvalue weighted by atomic mass is 9.99. The van der Waals surface area contributed by atoms with Gasteiger partial charge in [-0.3, -0.25) is 9.59 Å². The maximum Gasteiger partial charge on any atom is 0.337 e. The first-order valence-corrected chi connectivity index (χ1v) is 9.89. The van der Waals surface area contributed by atoms with E-state index in [0.29, 0.717) is 29.3 Å². The van der Waals surface area contributed by atoms with Crippen molar-refractivity contribution in [3.05, 3.63) is 52.5 Å². The van der Waals surface area contributed by atoms with E-state index >= 15 is 0 Å². The Morgan fingerprint density at radius 2 is 2.00 bits per heavy atom. The number of hydrogen-bond donors (Lipinski definition) is 2. The second kappa shape index (κ2) is 9.17. The topological polar surface area (TPSA) is 93.7 Å². The van der Waals surface area contributed by atoms with Crippen LogP contribution in [0.5, 0.6) is 5.75 Å². The van der Waals surface area contributed by atoms with E-state index in [1.807, 2.05) is 12.1 Å². The van der Waals surface area contributed by atoms with Crippen LogP contribution in [0.3, 0.4) is 0 Å². The Bertz CT molecular complexity index is 991. The van der Waals surface area contributed by atoms with Crippen LogP contribution >= 0.6 is 11.6 Å². The molecule has 0 aliphatic carbocycles. The zero-order chi connectivity index (χ0) is 21.8. The van der Waals surface area contributed by atoms with Gasteiger partial charge >= 0.3 is 5.97 Å². The number of esters is 1. The molecule has 30 heavy (non-hydrogen) atoms. The van der Waals surface area contributed by atoms with Crippen LogP contribution in [0.1, 0.15) is 29.8 Å². The summed E-state index contributed by atoms with van der Waals surface area (Å²) in [6.45, 7) is 3.27. The van der Waals surface area contributed by atoms with Crippen LogP contribution in [0.15, 0.2) is 36.4 Å². The van der Waals surface area contributed by atoms with E-state index < -0.39 is 12.0 Å². The van der Waals surface area contributed by atoms with Gasteiger partial charge in [-0.15, -0.1) is 0 Å². The molecule has 1 aliphatic rings. The molecule has 1 unspecified atom stereocenters. The summed E-state index contributed by atoms with van der Waals surface area (Å²) in [5, 5.41) is 5.79. The summed E-state index contributed by atoms with van der Waals surface area (Å²) in [6.07, 6.45) is 0.316. The summed E-state index contributed by atoms with van der Waals surface area (Å²) >= 11 is 6.44. The molecule has 2 amide bonds. The largest absolute Gasteiger partial charge is 0.486 e. The fourth-order valence-electron chi connectivity index (χ4n) is 3.35. The van der Waals surface area contributed by atoms with Crippen LogP contribution in [0.4, 0.5) is 0 Å². The van der Waals surface area contributed by atoms with Gasteiger partial charge < -0.3 is 20.1 Å². The molecule has 1 heterocycles. The Hall–Kier alpha value is -3.06. The second-order valence-electron chi connectivity index (χ2n) is 7.13. The summed E-state index contributed by atoms with van der Waals surface area (Å²) in [7, 11) is 1.34. The minimum atomic E-state index is -0.622. The molecule has 0 radical (unpaired) electrons. The molecule has 7 nitrogen and oxygen atoms in total. The van der Waals surface area contributed by atoms with E-state index in [2.05, 4.69) is 10.6 Å². The van der Waals surface area contributed by atoms with Gasteiger partial charge in [-0.25, -0.2) is 4.79 Å². The SMILES string of the molecule is COC(=O)c1cccc(-c2cc(Cl)c3c(c2)CC(CNC(=O)[C@H](C)NC(C)=O)O3)c1. The molecule has 0 aromatic heterocycles. The van der Waals surface area contributed by atoms with Crippen molar-refractivity contribution < 1.29 is 23.9 Å². The molecule has 0 saturated carbocycles. The van der Waals surface area contributed by atoms with Gasteiger partial charge in [-0.1, -0.05) is 23.7 Å². The molecule has 2 aromatic rings. The highest BCUT2D eigenvalue weighted by Gasteiger charge is 2.27. The predicted octanol–water partition coefficient (Wildman–Crippen LogP) is 2.74. The molecule has 8 heteroatoms.